The summed E-state index contributed by atoms with van der Waals surface area (Å²) in [5, 5.41) is 2.71. The smallest absolute Gasteiger partial charge is 0.329 e. The summed E-state index contributed by atoms with van der Waals surface area (Å²) in [5.41, 5.74) is 4.55. The fraction of sp³-hybridized carbons (Fsp3) is 0.400. The first kappa shape index (κ1) is 12.9. The van der Waals surface area contributed by atoms with Gasteiger partial charge in [0.2, 0.25) is 0 Å². The Morgan fingerprint density at radius 2 is 1.94 bits per heavy atom. The van der Waals surface area contributed by atoms with Crippen molar-refractivity contribution < 1.29 is 17.6 Å². The van der Waals surface area contributed by atoms with Gasteiger partial charge in [0.1, 0.15) is 5.82 Å². The lowest BCUT2D eigenvalue weighted by atomic mass is 10.0. The molecule has 0 amide bonds. The molecule has 0 aliphatic rings. The molecule has 90 valence electrons. The molecule has 0 spiro atoms. The first-order valence-electron chi connectivity index (χ1n) is 4.63. The lowest BCUT2D eigenvalue weighted by Crippen LogP contribution is -2.25. The van der Waals surface area contributed by atoms with Crippen molar-refractivity contribution in [3.63, 3.8) is 0 Å². The van der Waals surface area contributed by atoms with Crippen molar-refractivity contribution in [2.24, 2.45) is 5.73 Å². The zero-order valence-electron chi connectivity index (χ0n) is 8.61. The number of halogens is 4. The fourth-order valence-corrected chi connectivity index (χ4v) is 1.40. The van der Waals surface area contributed by atoms with Crippen molar-refractivity contribution in [2.45, 2.75) is 12.2 Å². The highest BCUT2D eigenvalue weighted by Gasteiger charge is 2.31. The summed E-state index contributed by atoms with van der Waals surface area (Å²) in [6.45, 7) is 0.0945. The Morgan fingerprint density at radius 3 is 2.38 bits per heavy atom. The lowest BCUT2D eigenvalue weighted by molar-refractivity contribution is -0.137. The SMILES string of the molecule is CNC(CN)c1cc(F)cc(C(F)(F)F)c1. The van der Waals surface area contributed by atoms with Gasteiger partial charge in [0.05, 0.1) is 5.56 Å². The topological polar surface area (TPSA) is 38.0 Å². The van der Waals surface area contributed by atoms with Crippen LogP contribution in [0.2, 0.25) is 0 Å². The number of nitrogens with one attached hydrogen (secondary N) is 1. The molecule has 0 fully saturated rings. The van der Waals surface area contributed by atoms with Crippen molar-refractivity contribution in [3.05, 3.63) is 35.1 Å². The quantitative estimate of drug-likeness (QED) is 0.788. The first-order chi connectivity index (χ1) is 7.38. The molecule has 0 bridgehead atoms. The van der Waals surface area contributed by atoms with Gasteiger partial charge in [0.15, 0.2) is 0 Å². The molecule has 0 aliphatic carbocycles. The Hall–Kier alpha value is -1.14. The highest BCUT2D eigenvalue weighted by molar-refractivity contribution is 5.29. The van der Waals surface area contributed by atoms with E-state index in [9.17, 15) is 17.6 Å². The van der Waals surface area contributed by atoms with Crippen LogP contribution in [0.15, 0.2) is 18.2 Å². The van der Waals surface area contributed by atoms with E-state index in [2.05, 4.69) is 5.32 Å². The standard InChI is InChI=1S/C10H12F4N2/c1-16-9(5-15)6-2-7(10(12,13)14)4-8(11)3-6/h2-4,9,16H,5,15H2,1H3. The summed E-state index contributed by atoms with van der Waals surface area (Å²) in [6.07, 6.45) is -4.55. The fourth-order valence-electron chi connectivity index (χ4n) is 1.40. The van der Waals surface area contributed by atoms with Gasteiger partial charge in [-0.1, -0.05) is 0 Å². The third-order valence-corrected chi connectivity index (χ3v) is 2.23. The zero-order valence-corrected chi connectivity index (χ0v) is 8.61. The molecule has 1 aromatic carbocycles. The maximum Gasteiger partial charge on any atom is 0.416 e. The summed E-state index contributed by atoms with van der Waals surface area (Å²) in [5.74, 6) is -0.918. The molecular weight excluding hydrogens is 224 g/mol. The molecule has 1 rings (SSSR count). The molecule has 3 N–H and O–H groups in total. The van der Waals surface area contributed by atoms with Crippen LogP contribution < -0.4 is 11.1 Å². The molecule has 1 aromatic rings. The normalized spacial score (nSPS) is 13.9. The number of hydrogen-bond acceptors (Lipinski definition) is 2. The second-order valence-electron chi connectivity index (χ2n) is 3.35. The van der Waals surface area contributed by atoms with Gasteiger partial charge in [-0.2, -0.15) is 13.2 Å². The maximum atomic E-state index is 13.0. The molecule has 1 unspecified atom stereocenters. The molecule has 0 saturated carbocycles. The Morgan fingerprint density at radius 1 is 1.31 bits per heavy atom. The van der Waals surface area contributed by atoms with Crippen molar-refractivity contribution in [2.75, 3.05) is 13.6 Å². The van der Waals surface area contributed by atoms with Crippen molar-refractivity contribution in [1.29, 1.82) is 0 Å². The molecule has 2 nitrogen and oxygen atoms in total. The molecule has 0 aromatic heterocycles. The zero-order chi connectivity index (χ0) is 12.3. The van der Waals surface area contributed by atoms with Crippen molar-refractivity contribution in [1.82, 2.24) is 5.32 Å². The van der Waals surface area contributed by atoms with Crippen LogP contribution in [0.3, 0.4) is 0 Å². The lowest BCUT2D eigenvalue weighted by Gasteiger charge is -2.16. The number of benzene rings is 1. The Kier molecular flexibility index (Phi) is 3.88. The number of hydrogen-bond donors (Lipinski definition) is 2. The highest BCUT2D eigenvalue weighted by Crippen LogP contribution is 2.31. The highest BCUT2D eigenvalue weighted by atomic mass is 19.4. The minimum absolute atomic E-state index is 0.0945. The van der Waals surface area contributed by atoms with Gasteiger partial charge in [-0.25, -0.2) is 4.39 Å². The summed E-state index contributed by atoms with van der Waals surface area (Å²) in [6, 6.07) is 1.92. The monoisotopic (exact) mass is 236 g/mol. The van der Waals surface area contributed by atoms with Gasteiger partial charge >= 0.3 is 6.18 Å². The second kappa shape index (κ2) is 4.80. The van der Waals surface area contributed by atoms with Crippen LogP contribution in [0.4, 0.5) is 17.6 Å². The van der Waals surface area contributed by atoms with Crippen LogP contribution in [0.25, 0.3) is 0 Å². The van der Waals surface area contributed by atoms with E-state index in [1.165, 1.54) is 0 Å². The second-order valence-corrected chi connectivity index (χ2v) is 3.35. The van der Waals surface area contributed by atoms with Crippen LogP contribution in [-0.4, -0.2) is 13.6 Å². The third-order valence-electron chi connectivity index (χ3n) is 2.23. The van der Waals surface area contributed by atoms with Crippen LogP contribution >= 0.6 is 0 Å². The van der Waals surface area contributed by atoms with Crippen LogP contribution in [-0.2, 0) is 6.18 Å². The summed E-state index contributed by atoms with van der Waals surface area (Å²) in [7, 11) is 1.55. The summed E-state index contributed by atoms with van der Waals surface area (Å²) < 4.78 is 50.2. The van der Waals surface area contributed by atoms with Crippen LogP contribution in [0, 0.1) is 5.82 Å². The molecule has 1 atom stereocenters. The molecule has 0 heterocycles. The number of likely N-dealkylation sites (N-methyl/N-ethyl adjacent to an activating group) is 1. The molecular formula is C10H12F4N2. The van der Waals surface area contributed by atoms with Crippen molar-refractivity contribution in [3.8, 4) is 0 Å². The van der Waals surface area contributed by atoms with Gasteiger partial charge in [0.25, 0.3) is 0 Å². The van der Waals surface area contributed by atoms with Crippen molar-refractivity contribution >= 4 is 0 Å². The molecule has 6 heteroatoms. The molecule has 0 saturated heterocycles. The van der Waals surface area contributed by atoms with Gasteiger partial charge in [0, 0.05) is 12.6 Å². The number of alkyl halides is 3. The van der Waals surface area contributed by atoms with E-state index in [1.807, 2.05) is 0 Å². The largest absolute Gasteiger partial charge is 0.416 e. The maximum absolute atomic E-state index is 13.0. The first-order valence-corrected chi connectivity index (χ1v) is 4.63. The summed E-state index contributed by atoms with van der Waals surface area (Å²) >= 11 is 0. The third kappa shape index (κ3) is 2.93. The van der Waals surface area contributed by atoms with Crippen LogP contribution in [0.1, 0.15) is 17.2 Å². The molecule has 0 aliphatic heterocycles. The average Bonchev–Trinajstić information content (AvgIpc) is 2.17. The van der Waals surface area contributed by atoms with E-state index in [1.54, 1.807) is 7.05 Å². The predicted molar refractivity (Wildman–Crippen MR) is 52.3 cm³/mol. The minimum atomic E-state index is -4.55. The van der Waals surface area contributed by atoms with E-state index in [0.717, 1.165) is 12.1 Å². The van der Waals surface area contributed by atoms with E-state index >= 15 is 0 Å². The van der Waals surface area contributed by atoms with Crippen LogP contribution in [0.5, 0.6) is 0 Å². The van der Waals surface area contributed by atoms with Gasteiger partial charge in [-0.15, -0.1) is 0 Å². The van der Waals surface area contributed by atoms with Gasteiger partial charge in [-0.3, -0.25) is 0 Å². The number of rotatable bonds is 3. The predicted octanol–water partition coefficient (Wildman–Crippen LogP) is 2.06. The van der Waals surface area contributed by atoms with E-state index in [0.29, 0.717) is 6.07 Å². The molecule has 16 heavy (non-hydrogen) atoms. The Labute approximate surface area is 90.4 Å². The summed E-state index contributed by atoms with van der Waals surface area (Å²) in [4.78, 5) is 0. The van der Waals surface area contributed by atoms with E-state index in [4.69, 9.17) is 5.73 Å². The average molecular weight is 236 g/mol. The van der Waals surface area contributed by atoms with Gasteiger partial charge < -0.3 is 11.1 Å². The Balaban J connectivity index is 3.17. The number of nitrogens with two attached hydrogens (primary N) is 1. The Bertz CT molecular complexity index is 358. The minimum Gasteiger partial charge on any atom is -0.329 e. The van der Waals surface area contributed by atoms with E-state index < -0.39 is 23.6 Å². The van der Waals surface area contributed by atoms with E-state index in [-0.39, 0.29) is 12.1 Å². The molecule has 0 radical (unpaired) electrons. The van der Waals surface area contributed by atoms with Gasteiger partial charge in [-0.05, 0) is 30.8 Å².